The number of halogens is 2. The van der Waals surface area contributed by atoms with Crippen LogP contribution < -0.4 is 5.32 Å². The second kappa shape index (κ2) is 10.4. The van der Waals surface area contributed by atoms with Crippen LogP contribution >= 0.6 is 0 Å². The average molecular weight is 501 g/mol. The van der Waals surface area contributed by atoms with Crippen LogP contribution in [0.1, 0.15) is 28.4 Å². The second-order valence-corrected chi connectivity index (χ2v) is 9.78. The van der Waals surface area contributed by atoms with Crippen molar-refractivity contribution >= 4 is 22.5 Å². The Morgan fingerprint density at radius 2 is 1.70 bits per heavy atom. The number of carbonyl (C=O) groups is 1. The molecular formula is C30H30F2N4O. The summed E-state index contributed by atoms with van der Waals surface area (Å²) < 4.78 is 27.7. The third-order valence-electron chi connectivity index (χ3n) is 6.82. The van der Waals surface area contributed by atoms with Gasteiger partial charge >= 0.3 is 0 Å². The van der Waals surface area contributed by atoms with Crippen LogP contribution in [-0.2, 0) is 12.5 Å². The van der Waals surface area contributed by atoms with E-state index in [0.717, 1.165) is 50.6 Å². The molecule has 0 radical (unpaired) electrons. The third-order valence-corrected chi connectivity index (χ3v) is 6.82. The number of benzene rings is 3. The summed E-state index contributed by atoms with van der Waals surface area (Å²) in [7, 11) is 2.13. The van der Waals surface area contributed by atoms with E-state index in [2.05, 4.69) is 28.2 Å². The highest BCUT2D eigenvalue weighted by Crippen LogP contribution is 2.31. The first-order valence-electron chi connectivity index (χ1n) is 12.5. The van der Waals surface area contributed by atoms with Gasteiger partial charge < -0.3 is 10.2 Å². The number of anilines is 1. The fourth-order valence-corrected chi connectivity index (χ4v) is 4.63. The van der Waals surface area contributed by atoms with Crippen LogP contribution in [-0.4, -0.2) is 53.9 Å². The molecule has 0 saturated carbocycles. The summed E-state index contributed by atoms with van der Waals surface area (Å²) in [4.78, 5) is 22.7. The van der Waals surface area contributed by atoms with Crippen molar-refractivity contribution in [2.75, 3.05) is 38.5 Å². The lowest BCUT2D eigenvalue weighted by Crippen LogP contribution is -2.43. The second-order valence-electron chi connectivity index (χ2n) is 9.78. The molecule has 1 amide bonds. The van der Waals surface area contributed by atoms with E-state index in [4.69, 9.17) is 4.98 Å². The number of piperazine rings is 1. The topological polar surface area (TPSA) is 48.5 Å². The first kappa shape index (κ1) is 25.0. The number of carbonyl (C=O) groups excluding carboxylic acids is 1. The van der Waals surface area contributed by atoms with Gasteiger partial charge in [-0.1, -0.05) is 48.5 Å². The first-order valence-corrected chi connectivity index (χ1v) is 12.5. The Labute approximate surface area is 215 Å². The van der Waals surface area contributed by atoms with Gasteiger partial charge in [0, 0.05) is 61.7 Å². The lowest BCUT2D eigenvalue weighted by molar-refractivity contribution is 0.0175. The minimum atomic E-state index is -2.94. The zero-order valence-corrected chi connectivity index (χ0v) is 21.0. The lowest BCUT2D eigenvalue weighted by Gasteiger charge is -2.32. The van der Waals surface area contributed by atoms with Crippen LogP contribution in [0.15, 0.2) is 78.9 Å². The molecule has 1 saturated heterocycles. The number of hydrogen-bond donors (Lipinski definition) is 1. The van der Waals surface area contributed by atoms with Gasteiger partial charge in [0.2, 0.25) is 0 Å². The molecule has 1 aromatic heterocycles. The molecular weight excluding hydrogens is 470 g/mol. The monoisotopic (exact) mass is 500 g/mol. The minimum Gasteiger partial charge on any atom is -0.320 e. The molecule has 1 aliphatic heterocycles. The molecule has 2 heterocycles. The highest BCUT2D eigenvalue weighted by molar-refractivity contribution is 6.08. The maximum Gasteiger partial charge on any atom is 0.270 e. The Morgan fingerprint density at radius 3 is 2.49 bits per heavy atom. The first-order chi connectivity index (χ1) is 17.8. The molecule has 0 atom stereocenters. The lowest BCUT2D eigenvalue weighted by atomic mass is 10.0. The normalized spacial score (nSPS) is 15.1. The predicted octanol–water partition coefficient (Wildman–Crippen LogP) is 6.01. The van der Waals surface area contributed by atoms with Crippen molar-refractivity contribution in [1.82, 2.24) is 14.8 Å². The summed E-state index contributed by atoms with van der Waals surface area (Å²) >= 11 is 0. The molecule has 5 rings (SSSR count). The van der Waals surface area contributed by atoms with E-state index in [1.807, 2.05) is 48.5 Å². The average Bonchev–Trinajstić information content (AvgIpc) is 2.90. The van der Waals surface area contributed by atoms with Crippen LogP contribution in [0.25, 0.3) is 22.2 Å². The molecule has 5 nitrogen and oxygen atoms in total. The van der Waals surface area contributed by atoms with E-state index < -0.39 is 5.92 Å². The summed E-state index contributed by atoms with van der Waals surface area (Å²) in [6.45, 7) is 5.80. The number of aromatic nitrogens is 1. The maximum atomic E-state index is 13.9. The Balaban J connectivity index is 1.39. The van der Waals surface area contributed by atoms with Crippen molar-refractivity contribution in [3.63, 3.8) is 0 Å². The van der Waals surface area contributed by atoms with Gasteiger partial charge in [-0.3, -0.25) is 9.69 Å². The van der Waals surface area contributed by atoms with E-state index in [-0.39, 0.29) is 11.5 Å². The Hall–Kier alpha value is -3.68. The zero-order chi connectivity index (χ0) is 26.0. The van der Waals surface area contributed by atoms with Gasteiger partial charge in [-0.05, 0) is 42.9 Å². The van der Waals surface area contributed by atoms with Gasteiger partial charge in [-0.25, -0.2) is 13.8 Å². The molecule has 37 heavy (non-hydrogen) atoms. The summed E-state index contributed by atoms with van der Waals surface area (Å²) in [6, 6.07) is 23.2. The standard InChI is InChI=1S/C30H30F2N4O/c1-30(31,32)25-10-4-8-23(19-25)26-13-12-22-7-5-11-27(28(22)33-26)34-29(37)24-9-3-6-21(18-24)20-36-16-14-35(2)15-17-36/h3-13,18-19H,14-17,20H2,1-2H3,(H,34,37). The van der Waals surface area contributed by atoms with Gasteiger partial charge in [0.15, 0.2) is 0 Å². The highest BCUT2D eigenvalue weighted by atomic mass is 19.3. The smallest absolute Gasteiger partial charge is 0.270 e. The Bertz CT molecular complexity index is 1420. The molecule has 3 aromatic carbocycles. The van der Waals surface area contributed by atoms with E-state index >= 15 is 0 Å². The number of nitrogens with one attached hydrogen (secondary N) is 1. The third kappa shape index (κ3) is 5.84. The summed E-state index contributed by atoms with van der Waals surface area (Å²) in [5, 5.41) is 3.86. The van der Waals surface area contributed by atoms with Crippen molar-refractivity contribution < 1.29 is 13.6 Å². The van der Waals surface area contributed by atoms with Gasteiger partial charge in [0.05, 0.1) is 16.9 Å². The SMILES string of the molecule is CN1CCN(Cc2cccc(C(=O)Nc3cccc4ccc(-c5cccc(C(C)(F)F)c5)nc34)c2)CC1. The summed E-state index contributed by atoms with van der Waals surface area (Å²) in [5.41, 5.74) is 3.96. The minimum absolute atomic E-state index is 0.0649. The van der Waals surface area contributed by atoms with Crippen LogP contribution in [0.5, 0.6) is 0 Å². The molecule has 1 aliphatic rings. The molecule has 0 unspecified atom stereocenters. The van der Waals surface area contributed by atoms with E-state index in [9.17, 15) is 13.6 Å². The number of nitrogens with zero attached hydrogens (tertiary/aromatic N) is 3. The number of alkyl halides is 2. The van der Waals surface area contributed by atoms with Crippen molar-refractivity contribution in [3.8, 4) is 11.3 Å². The molecule has 0 aliphatic carbocycles. The van der Waals surface area contributed by atoms with Gasteiger partial charge in [0.1, 0.15) is 0 Å². The van der Waals surface area contributed by atoms with Crippen LogP contribution in [0.2, 0.25) is 0 Å². The number of fused-ring (bicyclic) bond motifs is 1. The van der Waals surface area contributed by atoms with Crippen molar-refractivity contribution in [2.24, 2.45) is 0 Å². The number of amides is 1. The molecule has 1 N–H and O–H groups in total. The molecule has 7 heteroatoms. The summed E-state index contributed by atoms with van der Waals surface area (Å²) in [5.74, 6) is -3.15. The highest BCUT2D eigenvalue weighted by Gasteiger charge is 2.24. The molecule has 0 bridgehead atoms. The van der Waals surface area contributed by atoms with Gasteiger partial charge in [-0.2, -0.15) is 0 Å². The van der Waals surface area contributed by atoms with E-state index in [1.165, 1.54) is 12.1 Å². The Morgan fingerprint density at radius 1 is 0.946 bits per heavy atom. The van der Waals surface area contributed by atoms with E-state index in [0.29, 0.717) is 28.0 Å². The quantitative estimate of drug-likeness (QED) is 0.352. The van der Waals surface area contributed by atoms with Crippen molar-refractivity contribution in [3.05, 3.63) is 95.6 Å². The van der Waals surface area contributed by atoms with Gasteiger partial charge in [0.25, 0.3) is 11.8 Å². The number of rotatable bonds is 6. The molecule has 1 fully saturated rings. The van der Waals surface area contributed by atoms with Gasteiger partial charge in [-0.15, -0.1) is 0 Å². The number of para-hydroxylation sites is 1. The van der Waals surface area contributed by atoms with Crippen molar-refractivity contribution in [1.29, 1.82) is 0 Å². The molecule has 4 aromatic rings. The fourth-order valence-electron chi connectivity index (χ4n) is 4.63. The maximum absolute atomic E-state index is 13.9. The van der Waals surface area contributed by atoms with E-state index in [1.54, 1.807) is 12.1 Å². The van der Waals surface area contributed by atoms with Crippen LogP contribution in [0.3, 0.4) is 0 Å². The number of hydrogen-bond acceptors (Lipinski definition) is 4. The van der Waals surface area contributed by atoms with Crippen molar-refractivity contribution in [2.45, 2.75) is 19.4 Å². The summed E-state index contributed by atoms with van der Waals surface area (Å²) in [6.07, 6.45) is 0. The zero-order valence-electron chi connectivity index (χ0n) is 21.0. The largest absolute Gasteiger partial charge is 0.320 e. The van der Waals surface area contributed by atoms with Crippen LogP contribution in [0.4, 0.5) is 14.5 Å². The number of likely N-dealkylation sites (N-methyl/N-ethyl adjacent to an activating group) is 1. The predicted molar refractivity (Wildman–Crippen MR) is 144 cm³/mol. The van der Waals surface area contributed by atoms with Crippen LogP contribution in [0, 0.1) is 0 Å². The number of pyridine rings is 1. The molecule has 190 valence electrons. The Kier molecular flexibility index (Phi) is 7.00. The molecule has 0 spiro atoms. The fraction of sp³-hybridized carbons (Fsp3) is 0.267.